The number of alkyl halides is 2. The van der Waals surface area contributed by atoms with Crippen molar-refractivity contribution in [3.63, 3.8) is 0 Å². The number of rotatable bonds is 6. The number of ether oxygens (including phenoxy) is 1. The van der Waals surface area contributed by atoms with E-state index >= 15 is 0 Å². The quantitative estimate of drug-likeness (QED) is 0.605. The molecule has 2 heterocycles. The second-order valence-corrected chi connectivity index (χ2v) is 9.66. The predicted octanol–water partition coefficient (Wildman–Crippen LogP) is 4.32. The van der Waals surface area contributed by atoms with Gasteiger partial charge in [-0.2, -0.15) is 0 Å². The molecule has 1 aliphatic carbocycles. The Balaban J connectivity index is 1.55. The van der Waals surface area contributed by atoms with Gasteiger partial charge in [0.15, 0.2) is 12.4 Å². The Hall–Kier alpha value is -2.95. The molecule has 1 N–H and O–H groups in total. The minimum absolute atomic E-state index is 0.0108. The third-order valence-corrected chi connectivity index (χ3v) is 7.42. The van der Waals surface area contributed by atoms with Crippen LogP contribution in [-0.2, 0) is 5.54 Å². The molecule has 4 rings (SSSR count). The Kier molecular flexibility index (Phi) is 6.65. The van der Waals surface area contributed by atoms with Crippen molar-refractivity contribution < 1.29 is 27.1 Å². The van der Waals surface area contributed by atoms with E-state index in [-0.39, 0.29) is 11.9 Å². The summed E-state index contributed by atoms with van der Waals surface area (Å²) in [5, 5.41) is 11.1. The van der Waals surface area contributed by atoms with Gasteiger partial charge in [-0.1, -0.05) is 0 Å². The fourth-order valence-corrected chi connectivity index (χ4v) is 5.23. The summed E-state index contributed by atoms with van der Waals surface area (Å²) in [5.41, 5.74) is 0.628. The summed E-state index contributed by atoms with van der Waals surface area (Å²) in [6.07, 6.45) is -0.286. The van der Waals surface area contributed by atoms with E-state index in [1.807, 2.05) is 19.0 Å². The SMILES string of the molecule is Cc1c(OCC(F)F)nnc(N2CC3(CCC(c4cc(F)cc(F)c4)(N(C)C)CC3)NC2=O)c1C. The smallest absolute Gasteiger partial charge is 0.323 e. The van der Waals surface area contributed by atoms with Gasteiger partial charge < -0.3 is 10.1 Å². The van der Waals surface area contributed by atoms with Crippen molar-refractivity contribution in [3.8, 4) is 5.88 Å². The fraction of sp³-hybridized carbons (Fsp3) is 0.542. The molecule has 0 unspecified atom stereocenters. The van der Waals surface area contributed by atoms with Crippen LogP contribution in [0, 0.1) is 25.5 Å². The number of carbonyl (C=O) groups excluding carboxylic acids is 1. The number of amides is 2. The van der Waals surface area contributed by atoms with Gasteiger partial charge in [0.05, 0.1) is 12.1 Å². The standard InChI is InChI=1S/C24H29F4N5O2/c1-14-15(2)21(35-12-19(27)28)31-30-20(14)33-13-23(29-22(33)34)5-7-24(8-6-23,32(3)4)16-9-17(25)11-18(26)10-16/h9-11,19H,5-8,12-13H2,1-4H3,(H,29,34). The van der Waals surface area contributed by atoms with E-state index in [1.165, 1.54) is 17.0 Å². The molecule has 0 radical (unpaired) electrons. The number of aromatic nitrogens is 2. The topological polar surface area (TPSA) is 70.6 Å². The summed E-state index contributed by atoms with van der Waals surface area (Å²) in [5.74, 6) is -0.881. The van der Waals surface area contributed by atoms with Crippen molar-refractivity contribution in [2.45, 2.75) is 57.0 Å². The molecule has 11 heteroatoms. The molecule has 1 aromatic heterocycles. The number of nitrogens with zero attached hydrogens (tertiary/aromatic N) is 4. The minimum Gasteiger partial charge on any atom is -0.470 e. The maximum absolute atomic E-state index is 14.0. The van der Waals surface area contributed by atoms with E-state index in [9.17, 15) is 22.4 Å². The Morgan fingerprint density at radius 1 is 1.06 bits per heavy atom. The van der Waals surface area contributed by atoms with E-state index < -0.39 is 35.7 Å². The second-order valence-electron chi connectivity index (χ2n) is 9.66. The van der Waals surface area contributed by atoms with Crippen LogP contribution in [0.15, 0.2) is 18.2 Å². The second kappa shape index (κ2) is 9.25. The maximum Gasteiger partial charge on any atom is 0.323 e. The Labute approximate surface area is 201 Å². The van der Waals surface area contributed by atoms with Crippen LogP contribution in [0.1, 0.15) is 42.4 Å². The van der Waals surface area contributed by atoms with Crippen LogP contribution in [0.5, 0.6) is 5.88 Å². The van der Waals surface area contributed by atoms with Gasteiger partial charge in [0.1, 0.15) is 11.6 Å². The first-order valence-corrected chi connectivity index (χ1v) is 11.4. The first-order chi connectivity index (χ1) is 16.5. The molecule has 1 saturated carbocycles. The molecule has 2 aromatic rings. The molecule has 2 fully saturated rings. The Bertz CT molecular complexity index is 1100. The lowest BCUT2D eigenvalue weighted by atomic mass is 9.69. The van der Waals surface area contributed by atoms with E-state index in [4.69, 9.17) is 4.74 Å². The summed E-state index contributed by atoms with van der Waals surface area (Å²) in [6, 6.07) is 3.29. The van der Waals surface area contributed by atoms with Gasteiger partial charge in [0.25, 0.3) is 6.43 Å². The number of nitrogens with one attached hydrogen (secondary N) is 1. The van der Waals surface area contributed by atoms with E-state index in [0.717, 1.165) is 6.07 Å². The summed E-state index contributed by atoms with van der Waals surface area (Å²) in [7, 11) is 3.78. The highest BCUT2D eigenvalue weighted by atomic mass is 19.3. The molecule has 190 valence electrons. The highest BCUT2D eigenvalue weighted by Gasteiger charge is 2.51. The molecule has 7 nitrogen and oxygen atoms in total. The average molecular weight is 496 g/mol. The van der Waals surface area contributed by atoms with Gasteiger partial charge in [-0.05, 0) is 71.3 Å². The Morgan fingerprint density at radius 2 is 1.69 bits per heavy atom. The van der Waals surface area contributed by atoms with Crippen LogP contribution in [0.25, 0.3) is 0 Å². The van der Waals surface area contributed by atoms with E-state index in [0.29, 0.717) is 54.7 Å². The summed E-state index contributed by atoms with van der Waals surface area (Å²) in [4.78, 5) is 16.5. The zero-order valence-electron chi connectivity index (χ0n) is 20.2. The summed E-state index contributed by atoms with van der Waals surface area (Å²) >= 11 is 0. The third kappa shape index (κ3) is 4.65. The number of carbonyl (C=O) groups is 1. The van der Waals surface area contributed by atoms with Crippen molar-refractivity contribution >= 4 is 11.8 Å². The van der Waals surface area contributed by atoms with Crippen molar-refractivity contribution in [2.24, 2.45) is 0 Å². The molecule has 1 saturated heterocycles. The molecule has 2 amide bonds. The van der Waals surface area contributed by atoms with Gasteiger partial charge >= 0.3 is 6.03 Å². The van der Waals surface area contributed by atoms with Crippen LogP contribution in [0.2, 0.25) is 0 Å². The molecule has 0 bridgehead atoms. The number of halogens is 4. The van der Waals surface area contributed by atoms with Crippen molar-refractivity contribution in [3.05, 3.63) is 46.5 Å². The monoisotopic (exact) mass is 495 g/mol. The normalized spacial score (nSPS) is 24.5. The molecule has 35 heavy (non-hydrogen) atoms. The number of anilines is 1. The summed E-state index contributed by atoms with van der Waals surface area (Å²) < 4.78 is 58.1. The lowest BCUT2D eigenvalue weighted by molar-refractivity contribution is 0.0652. The van der Waals surface area contributed by atoms with Gasteiger partial charge in [0, 0.05) is 22.7 Å². The van der Waals surface area contributed by atoms with E-state index in [1.54, 1.807) is 13.8 Å². The fourth-order valence-electron chi connectivity index (χ4n) is 5.23. The minimum atomic E-state index is -2.63. The molecular weight excluding hydrogens is 466 g/mol. The maximum atomic E-state index is 14.0. The van der Waals surface area contributed by atoms with Gasteiger partial charge in [-0.15, -0.1) is 10.2 Å². The lowest BCUT2D eigenvalue weighted by Gasteiger charge is -2.48. The van der Waals surface area contributed by atoms with Crippen molar-refractivity contribution in [1.29, 1.82) is 0 Å². The number of hydrogen-bond donors (Lipinski definition) is 1. The zero-order chi connectivity index (χ0) is 25.5. The molecular formula is C24H29F4N5O2. The third-order valence-electron chi connectivity index (χ3n) is 7.42. The van der Waals surface area contributed by atoms with Gasteiger partial charge in [-0.3, -0.25) is 9.80 Å². The van der Waals surface area contributed by atoms with Crippen LogP contribution < -0.4 is 15.0 Å². The zero-order valence-corrected chi connectivity index (χ0v) is 20.2. The lowest BCUT2D eigenvalue weighted by Crippen LogP contribution is -2.54. The highest BCUT2D eigenvalue weighted by molar-refractivity contribution is 5.95. The largest absolute Gasteiger partial charge is 0.470 e. The average Bonchev–Trinajstić information content (AvgIpc) is 3.10. The Morgan fingerprint density at radius 3 is 2.26 bits per heavy atom. The first kappa shape index (κ1) is 25.2. The first-order valence-electron chi connectivity index (χ1n) is 11.4. The predicted molar refractivity (Wildman–Crippen MR) is 122 cm³/mol. The van der Waals surface area contributed by atoms with Gasteiger partial charge in [0.2, 0.25) is 5.88 Å². The molecule has 0 atom stereocenters. The van der Waals surface area contributed by atoms with Crippen molar-refractivity contribution in [2.75, 3.05) is 32.1 Å². The number of urea groups is 1. The summed E-state index contributed by atoms with van der Waals surface area (Å²) in [6.45, 7) is 2.98. The van der Waals surface area contributed by atoms with Crippen molar-refractivity contribution in [1.82, 2.24) is 20.4 Å². The molecule has 1 aromatic carbocycles. The van der Waals surface area contributed by atoms with E-state index in [2.05, 4.69) is 15.5 Å². The highest BCUT2D eigenvalue weighted by Crippen LogP contribution is 2.46. The number of hydrogen-bond acceptors (Lipinski definition) is 5. The number of benzene rings is 1. The van der Waals surface area contributed by atoms with Crippen LogP contribution >= 0.6 is 0 Å². The van der Waals surface area contributed by atoms with Crippen LogP contribution in [-0.4, -0.2) is 60.3 Å². The van der Waals surface area contributed by atoms with Crippen LogP contribution in [0.3, 0.4) is 0 Å². The molecule has 1 aliphatic heterocycles. The van der Waals surface area contributed by atoms with Crippen LogP contribution in [0.4, 0.5) is 28.2 Å². The molecule has 2 aliphatic rings. The van der Waals surface area contributed by atoms with Gasteiger partial charge in [-0.25, -0.2) is 22.4 Å². The molecule has 1 spiro atoms.